The lowest BCUT2D eigenvalue weighted by Crippen LogP contribution is -2.50. The van der Waals surface area contributed by atoms with E-state index in [4.69, 9.17) is 5.11 Å². The summed E-state index contributed by atoms with van der Waals surface area (Å²) < 4.78 is 1.50. The number of hydrogen-bond donors (Lipinski definition) is 2. The highest BCUT2D eigenvalue weighted by molar-refractivity contribution is 7.12. The summed E-state index contributed by atoms with van der Waals surface area (Å²) in [7, 11) is 0. The van der Waals surface area contributed by atoms with E-state index in [0.29, 0.717) is 35.2 Å². The highest BCUT2D eigenvalue weighted by atomic mass is 32.1. The second-order valence-corrected chi connectivity index (χ2v) is 7.17. The highest BCUT2D eigenvalue weighted by Gasteiger charge is 2.34. The van der Waals surface area contributed by atoms with Gasteiger partial charge in [0.2, 0.25) is 5.43 Å². The molecule has 3 aromatic rings. The van der Waals surface area contributed by atoms with Gasteiger partial charge in [-0.2, -0.15) is 0 Å². The van der Waals surface area contributed by atoms with Crippen LogP contribution >= 0.6 is 11.3 Å². The van der Waals surface area contributed by atoms with Gasteiger partial charge in [-0.1, -0.05) is 0 Å². The largest absolute Gasteiger partial charge is 0.481 e. The molecule has 4 rings (SSSR count). The molecule has 1 aliphatic rings. The predicted octanol–water partition coefficient (Wildman–Crippen LogP) is 1.37. The Labute approximate surface area is 156 Å². The van der Waals surface area contributed by atoms with Gasteiger partial charge < -0.3 is 15.1 Å². The Morgan fingerprint density at radius 1 is 1.30 bits per heavy atom. The predicted molar refractivity (Wildman–Crippen MR) is 98.0 cm³/mol. The second-order valence-electron chi connectivity index (χ2n) is 6.30. The number of fused-ring (bicyclic) bond motifs is 1. The van der Waals surface area contributed by atoms with Crippen LogP contribution in [0, 0.1) is 12.8 Å². The summed E-state index contributed by atoms with van der Waals surface area (Å²) in [4.78, 5) is 45.8. The van der Waals surface area contributed by atoms with Crippen molar-refractivity contribution < 1.29 is 19.8 Å². The summed E-state index contributed by atoms with van der Waals surface area (Å²) in [6.45, 7) is 2.38. The van der Waals surface area contributed by atoms with Crippen molar-refractivity contribution in [3.8, 4) is 5.13 Å². The third kappa shape index (κ3) is 2.74. The molecule has 0 atom stereocenters. The monoisotopic (exact) mass is 386 g/mol. The van der Waals surface area contributed by atoms with Gasteiger partial charge in [0.15, 0.2) is 10.8 Å². The average Bonchev–Trinajstić information content (AvgIpc) is 3.06. The Balaban J connectivity index is 1.94. The molecule has 4 heterocycles. The number of aromatic carboxylic acids is 1. The molecule has 3 aromatic heterocycles. The lowest BCUT2D eigenvalue weighted by atomic mass is 10.00. The molecule has 10 heteroatoms. The number of hydrogen-bond acceptors (Lipinski definition) is 7. The van der Waals surface area contributed by atoms with Crippen LogP contribution < -0.4 is 10.3 Å². The Kier molecular flexibility index (Phi) is 3.92. The van der Waals surface area contributed by atoms with Crippen LogP contribution in [0.4, 0.5) is 5.82 Å². The summed E-state index contributed by atoms with van der Waals surface area (Å²) in [5.41, 5.74) is -0.0833. The molecular formula is C17H14N4O5S. The standard InChI is InChI=1S/C17H14N4O5S/c1-8-4-11(20-5-9(6-20)15(23)24)19-14-12(8)13(22)10(16(25)26)7-21(14)17-18-2-3-27-17/h2-4,7,9H,5-6H2,1H3,(H,23,24)(H,25,26). The van der Waals surface area contributed by atoms with E-state index >= 15 is 0 Å². The Morgan fingerprint density at radius 2 is 2.04 bits per heavy atom. The molecule has 0 aliphatic carbocycles. The van der Waals surface area contributed by atoms with Crippen LogP contribution in [-0.2, 0) is 4.79 Å². The van der Waals surface area contributed by atoms with E-state index in [1.165, 1.54) is 22.1 Å². The van der Waals surface area contributed by atoms with Crippen LogP contribution in [0.5, 0.6) is 0 Å². The van der Waals surface area contributed by atoms with Crippen molar-refractivity contribution >= 4 is 40.1 Å². The third-order valence-electron chi connectivity index (χ3n) is 4.55. The van der Waals surface area contributed by atoms with Crippen LogP contribution in [0.25, 0.3) is 16.2 Å². The topological polar surface area (TPSA) is 126 Å². The van der Waals surface area contributed by atoms with E-state index in [0.717, 1.165) is 0 Å². The van der Waals surface area contributed by atoms with Crippen molar-refractivity contribution in [3.63, 3.8) is 0 Å². The smallest absolute Gasteiger partial charge is 0.341 e. The number of carboxylic acid groups (broad SMARTS) is 2. The lowest BCUT2D eigenvalue weighted by Gasteiger charge is -2.37. The van der Waals surface area contributed by atoms with E-state index < -0.39 is 23.3 Å². The number of aliphatic carboxylic acids is 1. The molecule has 1 aliphatic heterocycles. The van der Waals surface area contributed by atoms with E-state index in [1.807, 2.05) is 4.90 Å². The van der Waals surface area contributed by atoms with Crippen molar-refractivity contribution in [2.45, 2.75) is 6.92 Å². The third-order valence-corrected chi connectivity index (χ3v) is 5.32. The minimum absolute atomic E-state index is 0.212. The molecule has 0 aromatic carbocycles. The quantitative estimate of drug-likeness (QED) is 0.689. The van der Waals surface area contributed by atoms with Crippen molar-refractivity contribution in [2.24, 2.45) is 5.92 Å². The minimum atomic E-state index is -1.32. The fraction of sp³-hybridized carbons (Fsp3) is 0.235. The molecular weight excluding hydrogens is 372 g/mol. The fourth-order valence-corrected chi connectivity index (χ4v) is 3.71. The first-order valence-electron chi connectivity index (χ1n) is 8.04. The number of carboxylic acids is 2. The number of carbonyl (C=O) groups is 2. The van der Waals surface area contributed by atoms with E-state index in [2.05, 4.69) is 9.97 Å². The molecule has 27 heavy (non-hydrogen) atoms. The zero-order valence-electron chi connectivity index (χ0n) is 14.1. The second kappa shape index (κ2) is 6.16. The van der Waals surface area contributed by atoms with Gasteiger partial charge in [0, 0.05) is 30.9 Å². The minimum Gasteiger partial charge on any atom is -0.481 e. The summed E-state index contributed by atoms with van der Waals surface area (Å²) in [5, 5.41) is 20.9. The summed E-state index contributed by atoms with van der Waals surface area (Å²) in [5.74, 6) is -2.07. The normalized spacial score (nSPS) is 14.3. The first kappa shape index (κ1) is 17.2. The van der Waals surface area contributed by atoms with Crippen LogP contribution in [0.1, 0.15) is 15.9 Å². The van der Waals surface area contributed by atoms with E-state index in [9.17, 15) is 19.5 Å². The molecule has 138 valence electrons. The molecule has 9 nitrogen and oxygen atoms in total. The Bertz CT molecular complexity index is 1130. The van der Waals surface area contributed by atoms with E-state index in [1.54, 1.807) is 24.6 Å². The lowest BCUT2D eigenvalue weighted by molar-refractivity contribution is -0.142. The first-order valence-corrected chi connectivity index (χ1v) is 8.92. The molecule has 0 bridgehead atoms. The highest BCUT2D eigenvalue weighted by Crippen LogP contribution is 2.28. The van der Waals surface area contributed by atoms with Gasteiger partial charge >= 0.3 is 11.9 Å². The molecule has 0 saturated carbocycles. The summed E-state index contributed by atoms with van der Waals surface area (Å²) in [6.07, 6.45) is 2.81. The Morgan fingerprint density at radius 3 is 2.63 bits per heavy atom. The number of rotatable bonds is 4. The average molecular weight is 386 g/mol. The number of pyridine rings is 2. The van der Waals surface area contributed by atoms with Crippen molar-refractivity contribution in [3.05, 3.63) is 45.2 Å². The number of aryl methyl sites for hydroxylation is 1. The number of nitrogens with zero attached hydrogens (tertiary/aromatic N) is 4. The maximum Gasteiger partial charge on any atom is 0.341 e. The molecule has 2 N–H and O–H groups in total. The Hall–Kier alpha value is -3.27. The van der Waals surface area contributed by atoms with Gasteiger partial charge in [0.25, 0.3) is 0 Å². The number of aromatic nitrogens is 3. The van der Waals surface area contributed by atoms with Crippen molar-refractivity contribution in [1.29, 1.82) is 0 Å². The number of anilines is 1. The molecule has 1 saturated heterocycles. The van der Waals surface area contributed by atoms with Crippen LogP contribution in [0.15, 0.2) is 28.6 Å². The first-order chi connectivity index (χ1) is 12.9. The molecule has 0 amide bonds. The molecule has 1 fully saturated rings. The van der Waals surface area contributed by atoms with Crippen LogP contribution in [0.2, 0.25) is 0 Å². The van der Waals surface area contributed by atoms with Gasteiger partial charge in [0.1, 0.15) is 11.4 Å². The van der Waals surface area contributed by atoms with Gasteiger partial charge in [-0.15, -0.1) is 11.3 Å². The summed E-state index contributed by atoms with van der Waals surface area (Å²) >= 11 is 1.29. The molecule has 0 radical (unpaired) electrons. The zero-order valence-corrected chi connectivity index (χ0v) is 14.9. The van der Waals surface area contributed by atoms with Gasteiger partial charge in [-0.25, -0.2) is 14.8 Å². The van der Waals surface area contributed by atoms with Crippen molar-refractivity contribution in [2.75, 3.05) is 18.0 Å². The van der Waals surface area contributed by atoms with Crippen LogP contribution in [0.3, 0.4) is 0 Å². The molecule has 0 spiro atoms. The maximum absolute atomic E-state index is 12.7. The van der Waals surface area contributed by atoms with Gasteiger partial charge in [-0.05, 0) is 18.6 Å². The van der Waals surface area contributed by atoms with Gasteiger partial charge in [-0.3, -0.25) is 14.2 Å². The van der Waals surface area contributed by atoms with Crippen molar-refractivity contribution in [1.82, 2.24) is 14.5 Å². The van der Waals surface area contributed by atoms with Crippen LogP contribution in [-0.4, -0.2) is 49.8 Å². The molecule has 0 unspecified atom stereocenters. The van der Waals surface area contributed by atoms with Gasteiger partial charge in [0.05, 0.1) is 11.3 Å². The van der Waals surface area contributed by atoms with E-state index in [-0.39, 0.29) is 10.9 Å². The summed E-state index contributed by atoms with van der Waals surface area (Å²) in [6, 6.07) is 1.68. The maximum atomic E-state index is 12.7. The number of thiazole rings is 1. The fourth-order valence-electron chi connectivity index (χ4n) is 3.09. The zero-order chi connectivity index (χ0) is 19.3. The SMILES string of the molecule is Cc1cc(N2CC(C(=O)O)C2)nc2c1c(=O)c(C(=O)O)cn2-c1nccs1.